The smallest absolute Gasteiger partial charge is 0.263 e. The van der Waals surface area contributed by atoms with Crippen LogP contribution in [0.3, 0.4) is 0 Å². The summed E-state index contributed by atoms with van der Waals surface area (Å²) >= 11 is 1.40. The van der Waals surface area contributed by atoms with Crippen molar-refractivity contribution in [2.24, 2.45) is 0 Å². The summed E-state index contributed by atoms with van der Waals surface area (Å²) in [6.07, 6.45) is 2.89. The second-order valence-corrected chi connectivity index (χ2v) is 7.52. The molecular formula is C18H20F2N2O2S. The van der Waals surface area contributed by atoms with E-state index in [1.165, 1.54) is 23.5 Å². The Kier molecular flexibility index (Phi) is 5.32. The molecule has 0 bridgehead atoms. The Morgan fingerprint density at radius 2 is 1.80 bits per heavy atom. The minimum atomic E-state index is -0.647. The fourth-order valence-corrected chi connectivity index (χ4v) is 3.93. The SMILES string of the molecule is Cc1nc(C)c(C(=O)NC2CCC(Oc3cc(F)cc(F)c3)CC2)s1. The number of nitrogens with one attached hydrogen (secondary N) is 1. The van der Waals surface area contributed by atoms with Crippen LogP contribution in [0.1, 0.15) is 46.1 Å². The topological polar surface area (TPSA) is 51.2 Å². The Bertz CT molecular complexity index is 750. The Labute approximate surface area is 149 Å². The molecule has 2 aromatic rings. The van der Waals surface area contributed by atoms with Crippen molar-refractivity contribution in [1.82, 2.24) is 10.3 Å². The van der Waals surface area contributed by atoms with Gasteiger partial charge in [-0.05, 0) is 39.5 Å². The van der Waals surface area contributed by atoms with Gasteiger partial charge in [-0.3, -0.25) is 4.79 Å². The molecule has 0 saturated heterocycles. The van der Waals surface area contributed by atoms with Crippen molar-refractivity contribution in [3.05, 3.63) is 45.4 Å². The summed E-state index contributed by atoms with van der Waals surface area (Å²) in [7, 11) is 0. The Hall–Kier alpha value is -2.02. The second-order valence-electron chi connectivity index (χ2n) is 6.32. The molecule has 1 amide bonds. The molecule has 7 heteroatoms. The van der Waals surface area contributed by atoms with Gasteiger partial charge in [0.15, 0.2) is 0 Å². The molecule has 0 unspecified atom stereocenters. The van der Waals surface area contributed by atoms with Crippen molar-refractivity contribution >= 4 is 17.2 Å². The van der Waals surface area contributed by atoms with E-state index < -0.39 is 11.6 Å². The van der Waals surface area contributed by atoms with Crippen LogP contribution < -0.4 is 10.1 Å². The summed E-state index contributed by atoms with van der Waals surface area (Å²) < 4.78 is 32.1. The molecule has 0 aliphatic heterocycles. The number of nitrogens with zero attached hydrogens (tertiary/aromatic N) is 1. The number of rotatable bonds is 4. The van der Waals surface area contributed by atoms with Gasteiger partial charge < -0.3 is 10.1 Å². The van der Waals surface area contributed by atoms with E-state index in [0.717, 1.165) is 42.5 Å². The third kappa shape index (κ3) is 4.54. The maximum absolute atomic E-state index is 13.2. The Morgan fingerprint density at radius 3 is 2.36 bits per heavy atom. The van der Waals surface area contributed by atoms with Gasteiger partial charge in [0.25, 0.3) is 5.91 Å². The highest BCUT2D eigenvalue weighted by Gasteiger charge is 2.25. The Morgan fingerprint density at radius 1 is 1.16 bits per heavy atom. The van der Waals surface area contributed by atoms with Crippen molar-refractivity contribution in [3.63, 3.8) is 0 Å². The van der Waals surface area contributed by atoms with Crippen molar-refractivity contribution in [2.75, 3.05) is 0 Å². The minimum Gasteiger partial charge on any atom is -0.490 e. The van der Waals surface area contributed by atoms with Crippen LogP contribution in [-0.4, -0.2) is 23.0 Å². The summed E-state index contributed by atoms with van der Waals surface area (Å²) in [4.78, 5) is 17.3. The molecule has 0 atom stereocenters. The predicted molar refractivity (Wildman–Crippen MR) is 92.1 cm³/mol. The quantitative estimate of drug-likeness (QED) is 0.884. The first-order valence-electron chi connectivity index (χ1n) is 8.28. The van der Waals surface area contributed by atoms with Crippen LogP contribution in [0.5, 0.6) is 5.75 Å². The van der Waals surface area contributed by atoms with E-state index in [1.54, 1.807) is 0 Å². The summed E-state index contributed by atoms with van der Waals surface area (Å²) in [6.45, 7) is 3.72. The van der Waals surface area contributed by atoms with E-state index in [-0.39, 0.29) is 23.8 Å². The average Bonchev–Trinajstić information content (AvgIpc) is 2.87. The first kappa shape index (κ1) is 17.8. The summed E-state index contributed by atoms with van der Waals surface area (Å²) in [5, 5.41) is 3.92. The lowest BCUT2D eigenvalue weighted by Crippen LogP contribution is -2.39. The molecule has 0 radical (unpaired) electrons. The van der Waals surface area contributed by atoms with Gasteiger partial charge in [0.1, 0.15) is 22.3 Å². The van der Waals surface area contributed by atoms with Gasteiger partial charge in [0.2, 0.25) is 0 Å². The van der Waals surface area contributed by atoms with Crippen LogP contribution in [0.25, 0.3) is 0 Å². The summed E-state index contributed by atoms with van der Waals surface area (Å²) in [5.74, 6) is -1.17. The van der Waals surface area contributed by atoms with Crippen molar-refractivity contribution in [3.8, 4) is 5.75 Å². The number of hydrogen-bond acceptors (Lipinski definition) is 4. The van der Waals surface area contributed by atoms with E-state index in [4.69, 9.17) is 4.74 Å². The fourth-order valence-electron chi connectivity index (χ4n) is 3.11. The third-order valence-corrected chi connectivity index (χ3v) is 5.33. The van der Waals surface area contributed by atoms with Gasteiger partial charge in [0.05, 0.1) is 16.8 Å². The fraction of sp³-hybridized carbons (Fsp3) is 0.444. The molecule has 1 saturated carbocycles. The highest BCUT2D eigenvalue weighted by Crippen LogP contribution is 2.26. The van der Waals surface area contributed by atoms with Gasteiger partial charge in [-0.2, -0.15) is 0 Å². The summed E-state index contributed by atoms with van der Waals surface area (Å²) in [5.41, 5.74) is 0.755. The van der Waals surface area contributed by atoms with Crippen molar-refractivity contribution < 1.29 is 18.3 Å². The number of halogens is 2. The van der Waals surface area contributed by atoms with E-state index in [1.807, 2.05) is 13.8 Å². The predicted octanol–water partition coefficient (Wildman–Crippen LogP) is 4.16. The number of benzene rings is 1. The first-order chi connectivity index (χ1) is 11.9. The van der Waals surface area contributed by atoms with Gasteiger partial charge in [-0.1, -0.05) is 0 Å². The number of carbonyl (C=O) groups excluding carboxylic acids is 1. The van der Waals surface area contributed by atoms with Crippen LogP contribution in [0.15, 0.2) is 18.2 Å². The molecular weight excluding hydrogens is 346 g/mol. The number of aromatic nitrogens is 1. The number of ether oxygens (including phenoxy) is 1. The highest BCUT2D eigenvalue weighted by molar-refractivity contribution is 7.13. The lowest BCUT2D eigenvalue weighted by atomic mass is 9.93. The molecule has 0 spiro atoms. The van der Waals surface area contributed by atoms with E-state index in [0.29, 0.717) is 4.88 Å². The summed E-state index contributed by atoms with van der Waals surface area (Å²) in [6, 6.07) is 3.28. The molecule has 134 valence electrons. The van der Waals surface area contributed by atoms with E-state index in [2.05, 4.69) is 10.3 Å². The van der Waals surface area contributed by atoms with E-state index in [9.17, 15) is 13.6 Å². The van der Waals surface area contributed by atoms with Gasteiger partial charge in [-0.15, -0.1) is 11.3 Å². The third-order valence-electron chi connectivity index (χ3n) is 4.26. The Balaban J connectivity index is 1.51. The molecule has 25 heavy (non-hydrogen) atoms. The van der Waals surface area contributed by atoms with Crippen LogP contribution in [0.2, 0.25) is 0 Å². The number of thiazole rings is 1. The highest BCUT2D eigenvalue weighted by atomic mass is 32.1. The van der Waals surface area contributed by atoms with Crippen molar-refractivity contribution in [2.45, 2.75) is 51.7 Å². The normalized spacial score (nSPS) is 20.3. The maximum Gasteiger partial charge on any atom is 0.263 e. The molecule has 1 fully saturated rings. The number of aryl methyl sites for hydroxylation is 2. The largest absolute Gasteiger partial charge is 0.490 e. The van der Waals surface area contributed by atoms with Gasteiger partial charge in [0, 0.05) is 24.2 Å². The lowest BCUT2D eigenvalue weighted by molar-refractivity contribution is 0.0896. The molecule has 1 aliphatic rings. The minimum absolute atomic E-state index is 0.0819. The number of carbonyl (C=O) groups is 1. The lowest BCUT2D eigenvalue weighted by Gasteiger charge is -2.29. The zero-order chi connectivity index (χ0) is 18.0. The zero-order valence-electron chi connectivity index (χ0n) is 14.1. The molecule has 1 aromatic carbocycles. The van der Waals surface area contributed by atoms with Crippen LogP contribution in [0.4, 0.5) is 8.78 Å². The van der Waals surface area contributed by atoms with E-state index >= 15 is 0 Å². The molecule has 4 nitrogen and oxygen atoms in total. The molecule has 1 aromatic heterocycles. The molecule has 3 rings (SSSR count). The monoisotopic (exact) mass is 366 g/mol. The molecule has 1 N–H and O–H groups in total. The second kappa shape index (κ2) is 7.47. The number of hydrogen-bond donors (Lipinski definition) is 1. The van der Waals surface area contributed by atoms with Crippen LogP contribution >= 0.6 is 11.3 Å². The van der Waals surface area contributed by atoms with Crippen LogP contribution in [0, 0.1) is 25.5 Å². The number of amides is 1. The molecule has 1 heterocycles. The van der Waals surface area contributed by atoms with Gasteiger partial charge in [-0.25, -0.2) is 13.8 Å². The first-order valence-corrected chi connectivity index (χ1v) is 9.10. The average molecular weight is 366 g/mol. The molecule has 1 aliphatic carbocycles. The maximum atomic E-state index is 13.2. The van der Waals surface area contributed by atoms with Crippen molar-refractivity contribution in [1.29, 1.82) is 0 Å². The standard InChI is InChI=1S/C18H20F2N2O2S/c1-10-17(25-11(2)21-10)18(23)22-14-3-5-15(6-4-14)24-16-8-12(19)7-13(20)9-16/h7-9,14-15H,3-6H2,1-2H3,(H,22,23). The van der Waals surface area contributed by atoms with Crippen LogP contribution in [-0.2, 0) is 0 Å². The zero-order valence-corrected chi connectivity index (χ0v) is 15.0. The van der Waals surface area contributed by atoms with Gasteiger partial charge >= 0.3 is 0 Å².